The number of amides is 1. The van der Waals surface area contributed by atoms with Gasteiger partial charge in [-0.3, -0.25) is 4.79 Å². The molecule has 2 rings (SSSR count). The molecule has 0 bridgehead atoms. The van der Waals surface area contributed by atoms with Gasteiger partial charge in [0.15, 0.2) is 0 Å². The molecular formula is C17H14IN3O2. The van der Waals surface area contributed by atoms with Gasteiger partial charge in [0, 0.05) is 21.1 Å². The molecule has 0 radical (unpaired) electrons. The van der Waals surface area contributed by atoms with Gasteiger partial charge in [-0.15, -0.1) is 0 Å². The van der Waals surface area contributed by atoms with E-state index in [1.165, 1.54) is 6.20 Å². The Hall–Kier alpha value is -2.53. The van der Waals surface area contributed by atoms with Crippen molar-refractivity contribution in [3.05, 3.63) is 63.9 Å². The number of nitriles is 1. The molecule has 0 aliphatic rings. The largest absolute Gasteiger partial charge is 0.497 e. The van der Waals surface area contributed by atoms with Crippen molar-refractivity contribution < 1.29 is 9.53 Å². The van der Waals surface area contributed by atoms with Gasteiger partial charge >= 0.3 is 0 Å². The molecule has 23 heavy (non-hydrogen) atoms. The fourth-order valence-electron chi connectivity index (χ4n) is 1.72. The first-order valence-electron chi connectivity index (χ1n) is 6.70. The Labute approximate surface area is 148 Å². The zero-order chi connectivity index (χ0) is 16.7. The van der Waals surface area contributed by atoms with Gasteiger partial charge in [0.2, 0.25) is 0 Å². The molecule has 0 fully saturated rings. The predicted molar refractivity (Wildman–Crippen MR) is 98.1 cm³/mol. The number of nitrogens with zero attached hydrogens (tertiary/aromatic N) is 1. The van der Waals surface area contributed by atoms with Crippen molar-refractivity contribution in [3.63, 3.8) is 0 Å². The van der Waals surface area contributed by atoms with Crippen molar-refractivity contribution >= 4 is 39.9 Å². The van der Waals surface area contributed by atoms with Crippen LogP contribution in [0, 0.1) is 14.9 Å². The summed E-state index contributed by atoms with van der Waals surface area (Å²) >= 11 is 2.21. The van der Waals surface area contributed by atoms with E-state index >= 15 is 0 Å². The summed E-state index contributed by atoms with van der Waals surface area (Å²) in [5.41, 5.74) is 1.38. The zero-order valence-corrected chi connectivity index (χ0v) is 14.5. The maximum atomic E-state index is 12.1. The molecule has 0 unspecified atom stereocenters. The topological polar surface area (TPSA) is 74.1 Å². The summed E-state index contributed by atoms with van der Waals surface area (Å²) in [6, 6.07) is 16.4. The fraction of sp³-hybridized carbons (Fsp3) is 0.0588. The second kappa shape index (κ2) is 8.19. The molecule has 0 saturated carbocycles. The summed E-state index contributed by atoms with van der Waals surface area (Å²) in [5.74, 6) is 0.218. The first kappa shape index (κ1) is 16.8. The van der Waals surface area contributed by atoms with Gasteiger partial charge in [-0.25, -0.2) is 0 Å². The van der Waals surface area contributed by atoms with Crippen LogP contribution in [0.4, 0.5) is 11.4 Å². The lowest BCUT2D eigenvalue weighted by Gasteiger charge is -2.06. The summed E-state index contributed by atoms with van der Waals surface area (Å²) in [5, 5.41) is 14.7. The van der Waals surface area contributed by atoms with E-state index in [9.17, 15) is 4.79 Å². The first-order valence-corrected chi connectivity index (χ1v) is 7.78. The molecule has 1 amide bonds. The molecule has 0 saturated heterocycles. The number of carbonyl (C=O) groups is 1. The number of hydrogen-bond acceptors (Lipinski definition) is 4. The van der Waals surface area contributed by atoms with Gasteiger partial charge in [0.05, 0.1) is 7.11 Å². The highest BCUT2D eigenvalue weighted by Gasteiger charge is 2.09. The second-order valence-corrected chi connectivity index (χ2v) is 5.75. The molecule has 0 aliphatic heterocycles. The molecular weight excluding hydrogens is 405 g/mol. The molecule has 2 aromatic carbocycles. The minimum atomic E-state index is -0.476. The van der Waals surface area contributed by atoms with E-state index in [1.54, 1.807) is 31.4 Å². The van der Waals surface area contributed by atoms with Crippen LogP contribution in [0.15, 0.2) is 60.3 Å². The van der Waals surface area contributed by atoms with Gasteiger partial charge in [0.25, 0.3) is 5.91 Å². The number of benzene rings is 2. The van der Waals surface area contributed by atoms with Crippen LogP contribution in [0.3, 0.4) is 0 Å². The number of anilines is 2. The van der Waals surface area contributed by atoms with Crippen molar-refractivity contribution in [2.24, 2.45) is 0 Å². The van der Waals surface area contributed by atoms with E-state index in [1.807, 2.05) is 30.3 Å². The standard InChI is InChI=1S/C17H14IN3O2/c1-23-16-8-6-15(7-9-16)21-17(22)12(10-19)11-20-14-4-2-13(18)3-5-14/h2-9,11,20H,1H3,(H,21,22)/b12-11-. The van der Waals surface area contributed by atoms with Crippen molar-refractivity contribution in [1.82, 2.24) is 0 Å². The van der Waals surface area contributed by atoms with Crippen LogP contribution >= 0.6 is 22.6 Å². The number of rotatable bonds is 5. The van der Waals surface area contributed by atoms with Crippen LogP contribution in [0.2, 0.25) is 0 Å². The Balaban J connectivity index is 2.03. The third-order valence-electron chi connectivity index (χ3n) is 2.94. The zero-order valence-electron chi connectivity index (χ0n) is 12.3. The Morgan fingerprint density at radius 2 is 1.74 bits per heavy atom. The van der Waals surface area contributed by atoms with E-state index in [0.29, 0.717) is 11.4 Å². The van der Waals surface area contributed by atoms with Gasteiger partial charge in [-0.2, -0.15) is 5.26 Å². The van der Waals surface area contributed by atoms with Crippen LogP contribution in [-0.2, 0) is 4.79 Å². The van der Waals surface area contributed by atoms with Crippen molar-refractivity contribution in [1.29, 1.82) is 5.26 Å². The number of hydrogen-bond donors (Lipinski definition) is 2. The molecule has 0 aromatic heterocycles. The summed E-state index contributed by atoms with van der Waals surface area (Å²) in [6.07, 6.45) is 1.39. The maximum absolute atomic E-state index is 12.1. The minimum absolute atomic E-state index is 0.0145. The van der Waals surface area contributed by atoms with Crippen LogP contribution in [0.5, 0.6) is 5.75 Å². The van der Waals surface area contributed by atoms with Gasteiger partial charge in [0.1, 0.15) is 17.4 Å². The second-order valence-electron chi connectivity index (χ2n) is 4.50. The third-order valence-corrected chi connectivity index (χ3v) is 3.66. The Morgan fingerprint density at radius 1 is 1.13 bits per heavy atom. The van der Waals surface area contributed by atoms with Gasteiger partial charge in [-0.1, -0.05) is 0 Å². The Kier molecular flexibility index (Phi) is 6.00. The monoisotopic (exact) mass is 419 g/mol. The highest BCUT2D eigenvalue weighted by Crippen LogP contribution is 2.16. The van der Waals surface area contributed by atoms with Crippen LogP contribution < -0.4 is 15.4 Å². The fourth-order valence-corrected chi connectivity index (χ4v) is 2.08. The quantitative estimate of drug-likeness (QED) is 0.440. The van der Waals surface area contributed by atoms with Crippen LogP contribution in [0.25, 0.3) is 0 Å². The lowest BCUT2D eigenvalue weighted by molar-refractivity contribution is -0.112. The molecule has 0 spiro atoms. The number of halogens is 1. The van der Waals surface area contributed by atoms with E-state index in [-0.39, 0.29) is 5.57 Å². The summed E-state index contributed by atoms with van der Waals surface area (Å²) < 4.78 is 6.16. The van der Waals surface area contributed by atoms with Gasteiger partial charge < -0.3 is 15.4 Å². The molecule has 2 aromatic rings. The SMILES string of the molecule is COc1ccc(NC(=O)/C(C#N)=C\Nc2ccc(I)cc2)cc1. The van der Waals surface area contributed by atoms with E-state index in [0.717, 1.165) is 9.26 Å². The molecule has 116 valence electrons. The Bertz CT molecular complexity index is 747. The Morgan fingerprint density at radius 3 is 2.30 bits per heavy atom. The van der Waals surface area contributed by atoms with E-state index in [4.69, 9.17) is 10.00 Å². The normalized spacial score (nSPS) is 10.6. The van der Waals surface area contributed by atoms with Gasteiger partial charge in [-0.05, 0) is 71.1 Å². The number of carbonyl (C=O) groups excluding carboxylic acids is 1. The number of nitrogens with one attached hydrogen (secondary N) is 2. The lowest BCUT2D eigenvalue weighted by atomic mass is 10.2. The van der Waals surface area contributed by atoms with Crippen LogP contribution in [-0.4, -0.2) is 13.0 Å². The van der Waals surface area contributed by atoms with E-state index in [2.05, 4.69) is 33.2 Å². The molecule has 0 heterocycles. The maximum Gasteiger partial charge on any atom is 0.267 e. The highest BCUT2D eigenvalue weighted by molar-refractivity contribution is 14.1. The summed E-state index contributed by atoms with van der Waals surface area (Å²) in [4.78, 5) is 12.1. The average Bonchev–Trinajstić information content (AvgIpc) is 2.58. The molecule has 5 nitrogen and oxygen atoms in total. The average molecular weight is 419 g/mol. The smallest absolute Gasteiger partial charge is 0.267 e. The molecule has 0 atom stereocenters. The number of methoxy groups -OCH3 is 1. The molecule has 2 N–H and O–H groups in total. The predicted octanol–water partition coefficient (Wildman–Crippen LogP) is 3.76. The first-order chi connectivity index (χ1) is 11.1. The van der Waals surface area contributed by atoms with Crippen molar-refractivity contribution in [3.8, 4) is 11.8 Å². The van der Waals surface area contributed by atoms with Crippen molar-refractivity contribution in [2.45, 2.75) is 0 Å². The molecule has 6 heteroatoms. The van der Waals surface area contributed by atoms with E-state index < -0.39 is 5.91 Å². The summed E-state index contributed by atoms with van der Waals surface area (Å²) in [6.45, 7) is 0. The minimum Gasteiger partial charge on any atom is -0.497 e. The number of ether oxygens (including phenoxy) is 1. The highest BCUT2D eigenvalue weighted by atomic mass is 127. The third kappa shape index (κ3) is 5.00. The van der Waals surface area contributed by atoms with Crippen molar-refractivity contribution in [2.75, 3.05) is 17.7 Å². The van der Waals surface area contributed by atoms with Crippen LogP contribution in [0.1, 0.15) is 0 Å². The lowest BCUT2D eigenvalue weighted by Crippen LogP contribution is -2.14. The molecule has 0 aliphatic carbocycles. The summed E-state index contributed by atoms with van der Waals surface area (Å²) in [7, 11) is 1.57.